The Balaban J connectivity index is 1.69. The molecule has 1 saturated carbocycles. The van der Waals surface area contributed by atoms with E-state index in [1.54, 1.807) is 0 Å². The van der Waals surface area contributed by atoms with Crippen LogP contribution in [0.5, 0.6) is 0 Å². The minimum atomic E-state index is 0.772. The van der Waals surface area contributed by atoms with Gasteiger partial charge in [-0.2, -0.15) is 0 Å². The van der Waals surface area contributed by atoms with E-state index in [0.29, 0.717) is 0 Å². The van der Waals surface area contributed by atoms with Gasteiger partial charge in [0.15, 0.2) is 0 Å². The van der Waals surface area contributed by atoms with Crippen molar-refractivity contribution in [2.24, 2.45) is 23.7 Å². The number of hydrogen-bond acceptors (Lipinski definition) is 0. The summed E-state index contributed by atoms with van der Waals surface area (Å²) in [7, 11) is 0. The molecule has 1 aliphatic carbocycles. The Bertz CT molecular complexity index is 470. The van der Waals surface area contributed by atoms with Crippen LogP contribution in [0.25, 0.3) is 0 Å². The van der Waals surface area contributed by atoms with Crippen molar-refractivity contribution in [3.05, 3.63) is 60.7 Å². The van der Waals surface area contributed by atoms with E-state index in [1.165, 1.54) is 44.1 Å². The summed E-state index contributed by atoms with van der Waals surface area (Å²) in [6, 6.07) is 10.7. The molecule has 23 heavy (non-hydrogen) atoms. The molecule has 0 amide bonds. The monoisotopic (exact) mass is 310 g/mol. The van der Waals surface area contributed by atoms with E-state index >= 15 is 0 Å². The van der Waals surface area contributed by atoms with Gasteiger partial charge < -0.3 is 0 Å². The fraction of sp³-hybridized carbons (Fsp3) is 0.565. The lowest BCUT2D eigenvalue weighted by atomic mass is 9.71. The van der Waals surface area contributed by atoms with E-state index in [2.05, 4.69) is 69.0 Å². The van der Waals surface area contributed by atoms with E-state index in [0.717, 1.165) is 30.1 Å². The summed E-state index contributed by atoms with van der Waals surface area (Å²) in [5.74, 6) is 3.36. The van der Waals surface area contributed by atoms with Crippen LogP contribution in [0.1, 0.15) is 57.9 Å². The van der Waals surface area contributed by atoms with Gasteiger partial charge in [0.25, 0.3) is 0 Å². The van der Waals surface area contributed by atoms with Crippen LogP contribution < -0.4 is 0 Å². The number of benzene rings is 1. The molecule has 0 spiro atoms. The lowest BCUT2D eigenvalue weighted by Crippen LogP contribution is -2.24. The van der Waals surface area contributed by atoms with Crippen molar-refractivity contribution in [1.82, 2.24) is 0 Å². The maximum Gasteiger partial charge on any atom is -0.00975 e. The van der Waals surface area contributed by atoms with Gasteiger partial charge in [0.1, 0.15) is 0 Å². The summed E-state index contributed by atoms with van der Waals surface area (Å²) in [5, 5.41) is 0. The number of hydrogen-bond donors (Lipinski definition) is 0. The summed E-state index contributed by atoms with van der Waals surface area (Å²) >= 11 is 0. The highest BCUT2D eigenvalue weighted by Crippen LogP contribution is 2.38. The maximum atomic E-state index is 4.01. The van der Waals surface area contributed by atoms with Gasteiger partial charge in [-0.3, -0.25) is 0 Å². The van der Waals surface area contributed by atoms with Crippen molar-refractivity contribution >= 4 is 0 Å². The summed E-state index contributed by atoms with van der Waals surface area (Å²) in [6.45, 7) is 8.94. The fourth-order valence-electron chi connectivity index (χ4n) is 4.00. The predicted octanol–water partition coefficient (Wildman–Crippen LogP) is 6.83. The molecule has 1 fully saturated rings. The Morgan fingerprint density at radius 2 is 1.91 bits per heavy atom. The van der Waals surface area contributed by atoms with Gasteiger partial charge in [0, 0.05) is 0 Å². The van der Waals surface area contributed by atoms with Crippen LogP contribution >= 0.6 is 0 Å². The van der Waals surface area contributed by atoms with Crippen LogP contribution in [0, 0.1) is 23.7 Å². The van der Waals surface area contributed by atoms with Gasteiger partial charge in [-0.05, 0) is 61.3 Å². The average molecular weight is 311 g/mol. The SMILES string of the molecule is C=CC1CCCC(C(C)C(C)CCC=CCc2ccccc2)C1. The van der Waals surface area contributed by atoms with E-state index in [4.69, 9.17) is 0 Å². The van der Waals surface area contributed by atoms with Gasteiger partial charge in [0.05, 0.1) is 0 Å². The lowest BCUT2D eigenvalue weighted by Gasteiger charge is -2.34. The zero-order chi connectivity index (χ0) is 16.5. The second kappa shape index (κ2) is 9.75. The molecule has 1 aliphatic rings. The second-order valence-corrected chi connectivity index (χ2v) is 7.50. The summed E-state index contributed by atoms with van der Waals surface area (Å²) in [5.41, 5.74) is 1.41. The first-order valence-electron chi connectivity index (χ1n) is 9.52. The zero-order valence-electron chi connectivity index (χ0n) is 15.1. The molecule has 0 radical (unpaired) electrons. The number of allylic oxidation sites excluding steroid dienone is 3. The topological polar surface area (TPSA) is 0 Å². The van der Waals surface area contributed by atoms with Gasteiger partial charge in [-0.25, -0.2) is 0 Å². The average Bonchev–Trinajstić information content (AvgIpc) is 2.61. The standard InChI is InChI=1S/C23H34/c1-4-21-16-11-17-23(18-21)20(3)19(2)12-7-5-8-13-22-14-9-6-10-15-22/h4-6,8-10,14-15,19-21,23H,1,7,11-13,16-18H2,2-3H3. The van der Waals surface area contributed by atoms with Crippen molar-refractivity contribution in [3.63, 3.8) is 0 Å². The molecule has 0 heterocycles. The highest BCUT2D eigenvalue weighted by atomic mass is 14.3. The Labute approximate surface area is 143 Å². The molecule has 0 nitrogen and oxygen atoms in total. The van der Waals surface area contributed by atoms with Crippen molar-refractivity contribution < 1.29 is 0 Å². The van der Waals surface area contributed by atoms with Crippen LogP contribution in [-0.2, 0) is 6.42 Å². The molecule has 0 aliphatic heterocycles. The summed E-state index contributed by atoms with van der Waals surface area (Å²) in [4.78, 5) is 0. The summed E-state index contributed by atoms with van der Waals surface area (Å²) in [6.07, 6.45) is 16.1. The smallest absolute Gasteiger partial charge is 0.00975 e. The first kappa shape index (κ1) is 18.0. The van der Waals surface area contributed by atoms with Crippen molar-refractivity contribution in [1.29, 1.82) is 0 Å². The van der Waals surface area contributed by atoms with Crippen molar-refractivity contribution in [2.45, 2.75) is 58.8 Å². The minimum Gasteiger partial charge on any atom is -0.103 e. The summed E-state index contributed by atoms with van der Waals surface area (Å²) < 4.78 is 0. The molecule has 0 N–H and O–H groups in total. The van der Waals surface area contributed by atoms with Crippen LogP contribution in [0.3, 0.4) is 0 Å². The lowest BCUT2D eigenvalue weighted by molar-refractivity contribution is 0.176. The molecule has 0 bridgehead atoms. The van der Waals surface area contributed by atoms with Crippen molar-refractivity contribution in [2.75, 3.05) is 0 Å². The van der Waals surface area contributed by atoms with Crippen LogP contribution in [0.4, 0.5) is 0 Å². The van der Waals surface area contributed by atoms with Gasteiger partial charge in [-0.15, -0.1) is 6.58 Å². The van der Waals surface area contributed by atoms with E-state index in [-0.39, 0.29) is 0 Å². The van der Waals surface area contributed by atoms with Gasteiger partial charge in [-0.1, -0.05) is 75.2 Å². The third-order valence-corrected chi connectivity index (χ3v) is 5.88. The molecule has 4 unspecified atom stereocenters. The van der Waals surface area contributed by atoms with E-state index in [1.807, 2.05) is 0 Å². The Morgan fingerprint density at radius 1 is 1.13 bits per heavy atom. The van der Waals surface area contributed by atoms with Crippen LogP contribution in [-0.4, -0.2) is 0 Å². The fourth-order valence-corrected chi connectivity index (χ4v) is 4.00. The molecule has 0 heteroatoms. The molecule has 0 saturated heterocycles. The molecular weight excluding hydrogens is 276 g/mol. The highest BCUT2D eigenvalue weighted by molar-refractivity contribution is 5.17. The van der Waals surface area contributed by atoms with Crippen LogP contribution in [0.15, 0.2) is 55.1 Å². The zero-order valence-corrected chi connectivity index (χ0v) is 15.1. The second-order valence-electron chi connectivity index (χ2n) is 7.50. The quantitative estimate of drug-likeness (QED) is 0.462. The Hall–Kier alpha value is -1.30. The molecule has 0 aromatic heterocycles. The first-order valence-corrected chi connectivity index (χ1v) is 9.52. The Kier molecular flexibility index (Phi) is 7.65. The van der Waals surface area contributed by atoms with E-state index in [9.17, 15) is 0 Å². The molecule has 1 aromatic carbocycles. The van der Waals surface area contributed by atoms with E-state index < -0.39 is 0 Å². The number of rotatable bonds is 8. The predicted molar refractivity (Wildman–Crippen MR) is 102 cm³/mol. The third kappa shape index (κ3) is 6.01. The highest BCUT2D eigenvalue weighted by Gasteiger charge is 2.27. The van der Waals surface area contributed by atoms with Crippen LogP contribution in [0.2, 0.25) is 0 Å². The molecular formula is C23H34. The first-order chi connectivity index (χ1) is 11.2. The molecule has 2 rings (SSSR count). The molecule has 1 aromatic rings. The third-order valence-electron chi connectivity index (χ3n) is 5.88. The normalized spacial score (nSPS) is 24.4. The molecule has 4 atom stereocenters. The largest absolute Gasteiger partial charge is 0.103 e. The Morgan fingerprint density at radius 3 is 2.65 bits per heavy atom. The van der Waals surface area contributed by atoms with Gasteiger partial charge in [0.2, 0.25) is 0 Å². The maximum absolute atomic E-state index is 4.01. The van der Waals surface area contributed by atoms with Crippen molar-refractivity contribution in [3.8, 4) is 0 Å². The molecule has 126 valence electrons. The minimum absolute atomic E-state index is 0.772. The van der Waals surface area contributed by atoms with Gasteiger partial charge >= 0.3 is 0 Å².